The van der Waals surface area contributed by atoms with Crippen molar-refractivity contribution in [2.24, 2.45) is 0 Å². The molecule has 0 spiro atoms. The molecule has 1 fully saturated rings. The van der Waals surface area contributed by atoms with Gasteiger partial charge in [-0.05, 0) is 51.4 Å². The molecule has 1 aliphatic rings. The summed E-state index contributed by atoms with van der Waals surface area (Å²) in [4.78, 5) is 35.8. The number of aliphatic hydroxyl groups is 5. The van der Waals surface area contributed by atoms with Crippen LogP contribution in [0.5, 0.6) is 0 Å². The Hall–Kier alpha value is -2.19. The van der Waals surface area contributed by atoms with Crippen LogP contribution in [0, 0.1) is 0 Å². The molecule has 0 bridgehead atoms. The summed E-state index contributed by atoms with van der Waals surface area (Å²) in [6.45, 7) is 3.19. The fourth-order valence-electron chi connectivity index (χ4n) is 7.28. The van der Waals surface area contributed by atoms with Crippen LogP contribution >= 0.6 is 7.82 Å². The van der Waals surface area contributed by atoms with Gasteiger partial charge < -0.3 is 39.9 Å². The minimum atomic E-state index is -5.12. The average molecular weight is 915 g/mol. The third-order valence-corrected chi connectivity index (χ3v) is 12.2. The minimum absolute atomic E-state index is 0.0807. The zero-order valence-corrected chi connectivity index (χ0v) is 39.8. The third kappa shape index (κ3) is 31.4. The topological polar surface area (TPSA) is 210 Å². The van der Waals surface area contributed by atoms with E-state index in [1.54, 1.807) is 0 Å². The largest absolute Gasteiger partial charge is 0.472 e. The predicted molar refractivity (Wildman–Crippen MR) is 249 cm³/mol. The van der Waals surface area contributed by atoms with Crippen LogP contribution in [0.2, 0.25) is 0 Å². The van der Waals surface area contributed by atoms with Crippen LogP contribution in [-0.2, 0) is 32.7 Å². The van der Waals surface area contributed by atoms with Gasteiger partial charge in [0.25, 0.3) is 0 Å². The maximum absolute atomic E-state index is 12.8. The van der Waals surface area contributed by atoms with E-state index in [-0.39, 0.29) is 12.8 Å². The van der Waals surface area contributed by atoms with E-state index in [0.29, 0.717) is 12.8 Å². The number of phosphoric ester groups is 1. The number of aliphatic hydroxyl groups excluding tert-OH is 5. The predicted octanol–water partition coefficient (Wildman–Crippen LogP) is 9.95. The fraction of sp³-hybridized carbons (Fsp3) is 0.796. The van der Waals surface area contributed by atoms with E-state index in [9.17, 15) is 44.6 Å². The smallest absolute Gasteiger partial charge is 0.462 e. The molecular formula is C49H87O13P. The Morgan fingerprint density at radius 1 is 0.508 bits per heavy atom. The lowest BCUT2D eigenvalue weighted by atomic mass is 9.85. The highest BCUT2D eigenvalue weighted by molar-refractivity contribution is 7.47. The lowest BCUT2D eigenvalue weighted by Crippen LogP contribution is -2.64. The lowest BCUT2D eigenvalue weighted by molar-refractivity contribution is -0.220. The molecule has 0 heterocycles. The Morgan fingerprint density at radius 2 is 0.905 bits per heavy atom. The van der Waals surface area contributed by atoms with Crippen LogP contribution < -0.4 is 0 Å². The quantitative estimate of drug-likeness (QED) is 0.0147. The van der Waals surface area contributed by atoms with Crippen LogP contribution in [0.4, 0.5) is 0 Å². The molecule has 0 aromatic rings. The minimum Gasteiger partial charge on any atom is -0.462 e. The number of carbonyl (C=O) groups excluding carboxylic acids is 2. The van der Waals surface area contributed by atoms with Gasteiger partial charge in [0, 0.05) is 12.8 Å². The molecule has 1 aliphatic carbocycles. The second kappa shape index (κ2) is 39.0. The van der Waals surface area contributed by atoms with Crippen LogP contribution in [0.1, 0.15) is 194 Å². The normalized spacial score (nSPS) is 22.1. The van der Waals surface area contributed by atoms with Crippen molar-refractivity contribution in [3.63, 3.8) is 0 Å². The number of unbranched alkanes of at least 4 members (excludes halogenated alkanes) is 20. The molecule has 0 aromatic carbocycles. The van der Waals surface area contributed by atoms with Gasteiger partial charge >= 0.3 is 19.8 Å². The number of rotatable bonds is 40. The van der Waals surface area contributed by atoms with E-state index >= 15 is 0 Å². The molecule has 366 valence electrons. The highest BCUT2D eigenvalue weighted by atomic mass is 31.2. The van der Waals surface area contributed by atoms with Crippen molar-refractivity contribution in [2.45, 2.75) is 236 Å². The molecule has 6 atom stereocenters. The van der Waals surface area contributed by atoms with Crippen molar-refractivity contribution in [3.05, 3.63) is 48.6 Å². The zero-order valence-electron chi connectivity index (χ0n) is 38.9. The van der Waals surface area contributed by atoms with Crippen molar-refractivity contribution < 1.29 is 63.1 Å². The van der Waals surface area contributed by atoms with E-state index in [1.807, 2.05) is 0 Å². The van der Waals surface area contributed by atoms with Crippen LogP contribution in [-0.4, -0.2) is 98.3 Å². The van der Waals surface area contributed by atoms with Crippen LogP contribution in [0.3, 0.4) is 0 Å². The molecular weight excluding hydrogens is 828 g/mol. The summed E-state index contributed by atoms with van der Waals surface area (Å²) in [7, 11) is -5.12. The summed E-state index contributed by atoms with van der Waals surface area (Å²) in [5, 5.41) is 50.2. The molecule has 0 aromatic heterocycles. The first-order valence-corrected chi connectivity index (χ1v) is 25.9. The van der Waals surface area contributed by atoms with Crippen molar-refractivity contribution in [1.29, 1.82) is 0 Å². The highest BCUT2D eigenvalue weighted by Gasteiger charge is 2.51. The van der Waals surface area contributed by atoms with Gasteiger partial charge in [-0.1, -0.05) is 178 Å². The van der Waals surface area contributed by atoms with E-state index < -0.39 is 75.7 Å². The Balaban J connectivity index is 2.44. The monoisotopic (exact) mass is 915 g/mol. The first-order valence-electron chi connectivity index (χ1n) is 24.4. The standard InChI is InChI=1S/C49H87O13P/c1-3-5-7-9-11-13-15-17-19-20-21-22-24-26-28-30-32-34-36-38-43(51)61-41(40-60-63(57,58)62-49-47(55)45(53)44(52)46(54)48(49)56)39-59-42(50)37-35-33-31-29-27-25-23-18-16-14-12-10-8-6-4-2/h5,7,11,13,17,19,21-22,41,44-49,52-56H,3-4,6,8-10,12,14-16,18,20,23-40H2,1-2H3,(H,57,58). The van der Waals surface area contributed by atoms with Crippen LogP contribution in [0.15, 0.2) is 48.6 Å². The Kier molecular flexibility index (Phi) is 36.4. The SMILES string of the molecule is CCC=CCC=CCC=CCC=CCCCCCCCCC(=O)OC(COC(=O)CCCCCCCCCCCCCCCCC)COP(=O)(O)OC1C(O)C(O)C(O)C(O)C1O. The van der Waals surface area contributed by atoms with E-state index in [0.717, 1.165) is 83.5 Å². The number of allylic oxidation sites excluding steroid dienone is 8. The van der Waals surface area contributed by atoms with Crippen molar-refractivity contribution >= 4 is 19.8 Å². The summed E-state index contributed by atoms with van der Waals surface area (Å²) >= 11 is 0. The van der Waals surface area contributed by atoms with Gasteiger partial charge in [-0.25, -0.2) is 4.57 Å². The van der Waals surface area contributed by atoms with Gasteiger partial charge in [0.1, 0.15) is 43.2 Å². The van der Waals surface area contributed by atoms with Gasteiger partial charge in [-0.2, -0.15) is 0 Å². The molecule has 6 unspecified atom stereocenters. The second-order valence-electron chi connectivity index (χ2n) is 16.9. The van der Waals surface area contributed by atoms with E-state index in [4.69, 9.17) is 18.5 Å². The van der Waals surface area contributed by atoms with Crippen molar-refractivity contribution in [3.8, 4) is 0 Å². The lowest BCUT2D eigenvalue weighted by Gasteiger charge is -2.41. The molecule has 1 saturated carbocycles. The van der Waals surface area contributed by atoms with Crippen molar-refractivity contribution in [1.82, 2.24) is 0 Å². The molecule has 0 aliphatic heterocycles. The van der Waals surface area contributed by atoms with Gasteiger partial charge in [0.2, 0.25) is 0 Å². The maximum Gasteiger partial charge on any atom is 0.472 e. The molecule has 6 N–H and O–H groups in total. The molecule has 0 saturated heterocycles. The van der Waals surface area contributed by atoms with Crippen molar-refractivity contribution in [2.75, 3.05) is 13.2 Å². The zero-order chi connectivity index (χ0) is 46.4. The number of ether oxygens (including phenoxy) is 2. The van der Waals surface area contributed by atoms with E-state index in [2.05, 4.69) is 62.5 Å². The number of esters is 2. The Bertz CT molecular complexity index is 1290. The van der Waals surface area contributed by atoms with Gasteiger partial charge in [0.05, 0.1) is 6.61 Å². The van der Waals surface area contributed by atoms with E-state index in [1.165, 1.54) is 70.6 Å². The maximum atomic E-state index is 12.8. The molecule has 13 nitrogen and oxygen atoms in total. The highest BCUT2D eigenvalue weighted by Crippen LogP contribution is 2.47. The Morgan fingerprint density at radius 3 is 1.38 bits per heavy atom. The second-order valence-corrected chi connectivity index (χ2v) is 18.3. The van der Waals surface area contributed by atoms with Gasteiger partial charge in [-0.15, -0.1) is 0 Å². The average Bonchev–Trinajstić information content (AvgIpc) is 3.26. The number of carbonyl (C=O) groups is 2. The number of hydrogen-bond donors (Lipinski definition) is 6. The first-order chi connectivity index (χ1) is 30.4. The Labute approximate surface area is 380 Å². The molecule has 14 heteroatoms. The molecule has 0 amide bonds. The first kappa shape index (κ1) is 58.8. The van der Waals surface area contributed by atoms with Gasteiger partial charge in [-0.3, -0.25) is 18.6 Å². The summed E-state index contributed by atoms with van der Waals surface area (Å²) in [5.41, 5.74) is 0. The van der Waals surface area contributed by atoms with Gasteiger partial charge in [0.15, 0.2) is 6.10 Å². The summed E-state index contributed by atoms with van der Waals surface area (Å²) in [6, 6.07) is 0. The van der Waals surface area contributed by atoms with Crippen LogP contribution in [0.25, 0.3) is 0 Å². The summed E-state index contributed by atoms with van der Waals surface area (Å²) < 4.78 is 33.6. The molecule has 0 radical (unpaired) electrons. The number of hydrogen-bond acceptors (Lipinski definition) is 12. The molecule has 1 rings (SSSR count). The number of phosphoric acid groups is 1. The summed E-state index contributed by atoms with van der Waals surface area (Å²) in [6.07, 6.45) is 33.0. The molecule has 63 heavy (non-hydrogen) atoms. The summed E-state index contributed by atoms with van der Waals surface area (Å²) in [5.74, 6) is -1.11. The third-order valence-electron chi connectivity index (χ3n) is 11.2. The fourth-order valence-corrected chi connectivity index (χ4v) is 8.25.